The van der Waals surface area contributed by atoms with Crippen LogP contribution in [0.1, 0.15) is 31.3 Å². The van der Waals surface area contributed by atoms with Crippen molar-refractivity contribution in [3.63, 3.8) is 0 Å². The van der Waals surface area contributed by atoms with E-state index in [1.807, 2.05) is 25.1 Å². The molecule has 3 aromatic rings. The summed E-state index contributed by atoms with van der Waals surface area (Å²) in [7, 11) is -7.90. The molecule has 4 rings (SSSR count). The lowest BCUT2D eigenvalue weighted by atomic mass is 10.2. The molecule has 0 saturated heterocycles. The Bertz CT molecular complexity index is 1400. The van der Waals surface area contributed by atoms with E-state index in [0.717, 1.165) is 24.9 Å². The van der Waals surface area contributed by atoms with Crippen LogP contribution in [0, 0.1) is 0 Å². The third kappa shape index (κ3) is 4.72. The van der Waals surface area contributed by atoms with E-state index >= 15 is 0 Å². The van der Waals surface area contributed by atoms with Crippen LogP contribution in [-0.2, 0) is 32.8 Å². The summed E-state index contributed by atoms with van der Waals surface area (Å²) in [6.45, 7) is 4.80. The molecule has 0 aliphatic carbocycles. The molecule has 2 N–H and O–H groups in total. The number of rotatable bonds is 8. The predicted octanol–water partition coefficient (Wildman–Crippen LogP) is 2.50. The van der Waals surface area contributed by atoms with E-state index in [9.17, 15) is 16.8 Å². The molecule has 0 fully saturated rings. The van der Waals surface area contributed by atoms with Gasteiger partial charge >= 0.3 is 6.01 Å². The summed E-state index contributed by atoms with van der Waals surface area (Å²) in [4.78, 5) is -0.583. The molecular formula is C21H25N5O5S2. The van der Waals surface area contributed by atoms with Crippen molar-refractivity contribution in [3.05, 3.63) is 53.9 Å². The number of hydrogen-bond acceptors (Lipinski definition) is 8. The molecular weight excluding hydrogens is 466 g/mol. The average Bonchev–Trinajstić information content (AvgIpc) is 3.39. The molecule has 0 spiro atoms. The number of nitrogens with one attached hydrogen (secondary N) is 2. The first-order valence-corrected chi connectivity index (χ1v) is 13.8. The minimum Gasteiger partial charge on any atom is -0.424 e. The Morgan fingerprint density at radius 3 is 2.55 bits per heavy atom. The Balaban J connectivity index is 1.60. The van der Waals surface area contributed by atoms with Gasteiger partial charge in [-0.05, 0) is 44.0 Å². The second kappa shape index (κ2) is 8.76. The maximum Gasteiger partial charge on any atom is 0.322 e. The summed E-state index contributed by atoms with van der Waals surface area (Å²) >= 11 is 0. The van der Waals surface area contributed by atoms with E-state index in [1.165, 1.54) is 29.8 Å². The molecule has 176 valence electrons. The molecule has 33 heavy (non-hydrogen) atoms. The molecule has 0 amide bonds. The number of aromatic nitrogens is 3. The third-order valence-corrected chi connectivity index (χ3v) is 8.20. The first-order chi connectivity index (χ1) is 15.6. The largest absolute Gasteiger partial charge is 0.424 e. The summed E-state index contributed by atoms with van der Waals surface area (Å²) < 4.78 is 60.3. The maximum absolute atomic E-state index is 13.0. The zero-order valence-corrected chi connectivity index (χ0v) is 20.1. The number of fused-ring (bicyclic) bond motifs is 1. The van der Waals surface area contributed by atoms with Gasteiger partial charge in [-0.2, -0.15) is 0 Å². The second-order valence-corrected chi connectivity index (χ2v) is 11.4. The van der Waals surface area contributed by atoms with Crippen LogP contribution in [0.4, 0.5) is 5.69 Å². The highest BCUT2D eigenvalue weighted by molar-refractivity contribution is 7.93. The number of sulfonamides is 1. The molecule has 2 heterocycles. The lowest BCUT2D eigenvalue weighted by molar-refractivity contribution is 0.408. The van der Waals surface area contributed by atoms with Crippen molar-refractivity contribution in [2.75, 3.05) is 18.1 Å². The lowest BCUT2D eigenvalue weighted by Crippen LogP contribution is -2.30. The van der Waals surface area contributed by atoms with Gasteiger partial charge in [-0.15, -0.1) is 5.10 Å². The molecule has 0 saturated carbocycles. The number of nitrogens with zero attached hydrogens (tertiary/aromatic N) is 3. The van der Waals surface area contributed by atoms with Gasteiger partial charge in [-0.1, -0.05) is 23.3 Å². The van der Waals surface area contributed by atoms with Crippen molar-refractivity contribution in [1.29, 1.82) is 0 Å². The van der Waals surface area contributed by atoms with Crippen molar-refractivity contribution in [3.8, 4) is 11.8 Å². The predicted molar refractivity (Wildman–Crippen MR) is 123 cm³/mol. The monoisotopic (exact) mass is 491 g/mol. The summed E-state index contributed by atoms with van der Waals surface area (Å²) in [6.07, 6.45) is 1.93. The van der Waals surface area contributed by atoms with Gasteiger partial charge in [0, 0.05) is 31.1 Å². The average molecular weight is 492 g/mol. The van der Waals surface area contributed by atoms with Crippen LogP contribution in [0.3, 0.4) is 0 Å². The van der Waals surface area contributed by atoms with Gasteiger partial charge in [0.2, 0.25) is 10.0 Å². The van der Waals surface area contributed by atoms with Gasteiger partial charge in [0.15, 0.2) is 15.7 Å². The molecule has 1 atom stereocenters. The van der Waals surface area contributed by atoms with E-state index in [1.54, 1.807) is 11.5 Å². The molecule has 12 heteroatoms. The van der Waals surface area contributed by atoms with Gasteiger partial charge in [-0.3, -0.25) is 4.57 Å². The van der Waals surface area contributed by atoms with E-state index in [2.05, 4.69) is 20.2 Å². The molecule has 1 aliphatic heterocycles. The zero-order chi connectivity index (χ0) is 23.8. The topological polar surface area (TPSA) is 132 Å². The fourth-order valence-electron chi connectivity index (χ4n) is 3.76. The number of ether oxygens (including phenoxy) is 1. The van der Waals surface area contributed by atoms with Crippen LogP contribution >= 0.6 is 0 Å². The van der Waals surface area contributed by atoms with Gasteiger partial charge in [0.1, 0.15) is 10.6 Å². The highest BCUT2D eigenvalue weighted by atomic mass is 32.2. The molecule has 10 nitrogen and oxygen atoms in total. The highest BCUT2D eigenvalue weighted by Crippen LogP contribution is 2.30. The lowest BCUT2D eigenvalue weighted by Gasteiger charge is -2.16. The fourth-order valence-corrected chi connectivity index (χ4v) is 6.59. The number of sulfone groups is 1. The Morgan fingerprint density at radius 1 is 1.12 bits per heavy atom. The number of anilines is 1. The van der Waals surface area contributed by atoms with Crippen LogP contribution in [-0.4, -0.2) is 44.4 Å². The van der Waals surface area contributed by atoms with Crippen LogP contribution in [0.5, 0.6) is 11.8 Å². The van der Waals surface area contributed by atoms with Crippen molar-refractivity contribution >= 4 is 25.5 Å². The number of benzene rings is 2. The van der Waals surface area contributed by atoms with Gasteiger partial charge < -0.3 is 10.1 Å². The molecule has 0 unspecified atom stereocenters. The fraction of sp³-hybridized carbons (Fsp3) is 0.333. The van der Waals surface area contributed by atoms with E-state index in [-0.39, 0.29) is 15.8 Å². The maximum atomic E-state index is 13.0. The van der Waals surface area contributed by atoms with Crippen LogP contribution in [0.15, 0.2) is 52.3 Å². The van der Waals surface area contributed by atoms with Gasteiger partial charge in [0.25, 0.3) is 0 Å². The van der Waals surface area contributed by atoms with E-state index in [0.29, 0.717) is 18.1 Å². The van der Waals surface area contributed by atoms with Gasteiger partial charge in [-0.25, -0.2) is 21.6 Å². The van der Waals surface area contributed by atoms with Crippen LogP contribution in [0.25, 0.3) is 0 Å². The number of hydrogen-bond donors (Lipinski definition) is 2. The normalized spacial score (nSPS) is 14.5. The molecule has 2 aromatic carbocycles. The quantitative estimate of drug-likeness (QED) is 0.491. The van der Waals surface area contributed by atoms with E-state index in [4.69, 9.17) is 4.74 Å². The molecule has 0 bridgehead atoms. The third-order valence-electron chi connectivity index (χ3n) is 5.32. The zero-order valence-electron chi connectivity index (χ0n) is 18.4. The minimum atomic E-state index is -4.16. The first kappa shape index (κ1) is 23.2. The van der Waals surface area contributed by atoms with Crippen molar-refractivity contribution in [2.45, 2.75) is 42.6 Å². The molecule has 1 aliphatic rings. The summed E-state index contributed by atoms with van der Waals surface area (Å²) in [5, 5.41) is 11.5. The van der Waals surface area contributed by atoms with Crippen LogP contribution < -0.4 is 14.8 Å². The summed E-state index contributed by atoms with van der Waals surface area (Å²) in [5.41, 5.74) is 2.23. The Morgan fingerprint density at radius 2 is 1.85 bits per heavy atom. The van der Waals surface area contributed by atoms with Crippen molar-refractivity contribution < 1.29 is 21.6 Å². The minimum absolute atomic E-state index is 0.230. The first-order valence-electron chi connectivity index (χ1n) is 10.4. The second-order valence-electron chi connectivity index (χ2n) is 7.74. The Hall–Kier alpha value is -2.96. The van der Waals surface area contributed by atoms with E-state index < -0.39 is 25.9 Å². The summed E-state index contributed by atoms with van der Waals surface area (Å²) in [5.74, 6) is 0.930. The Kier molecular flexibility index (Phi) is 6.16. The highest BCUT2D eigenvalue weighted by Gasteiger charge is 2.28. The standard InChI is InChI=1S/C21H25N5O5S2/c1-4-26-20(23-24-21(26)31-16-10-9-15-11-12-22-17(15)13-16)14(2)25-33(29,30)19-8-6-5-7-18(19)32(3,27)28/h5-10,13-14,22,25H,4,11-12H2,1-3H3/t14-/m1/s1. The Labute approximate surface area is 193 Å². The van der Waals surface area contributed by atoms with Crippen molar-refractivity contribution in [1.82, 2.24) is 19.5 Å². The van der Waals surface area contributed by atoms with Crippen LogP contribution in [0.2, 0.25) is 0 Å². The smallest absolute Gasteiger partial charge is 0.322 e. The van der Waals surface area contributed by atoms with Crippen molar-refractivity contribution in [2.24, 2.45) is 0 Å². The molecule has 1 aromatic heterocycles. The van der Waals surface area contributed by atoms with Gasteiger partial charge in [0.05, 0.1) is 10.9 Å². The SMILES string of the molecule is CCn1c(Oc2ccc3c(c2)NCC3)nnc1[C@@H](C)NS(=O)(=O)c1ccccc1S(C)(=O)=O. The summed E-state index contributed by atoms with van der Waals surface area (Å²) in [6, 6.07) is 10.6. The molecule has 0 radical (unpaired) electrons.